The number of alkyl halides is 1. The Morgan fingerprint density at radius 3 is 2.87 bits per heavy atom. The minimum Gasteiger partial charge on any atom is -0.380 e. The van der Waals surface area contributed by atoms with Crippen molar-refractivity contribution in [3.05, 3.63) is 0 Å². The smallest absolute Gasteiger partial charge is 0.0802 e. The molecule has 0 N–H and O–H groups in total. The second-order valence-electron chi connectivity index (χ2n) is 4.09. The van der Waals surface area contributed by atoms with Crippen molar-refractivity contribution in [2.24, 2.45) is 0 Å². The maximum absolute atomic E-state index is 5.76. The van der Waals surface area contributed by atoms with Gasteiger partial charge in [-0.1, -0.05) is 22.9 Å². The Kier molecular flexibility index (Phi) is 6.81. The highest BCUT2D eigenvalue weighted by atomic mass is 79.9. The average Bonchev–Trinajstić information content (AvgIpc) is 2.23. The summed E-state index contributed by atoms with van der Waals surface area (Å²) in [6.07, 6.45) is 1.77. The first-order valence-corrected chi connectivity index (χ1v) is 6.90. The molecule has 4 heteroatoms. The number of ether oxygens (including phenoxy) is 2. The van der Waals surface area contributed by atoms with Crippen LogP contribution in [-0.2, 0) is 9.47 Å². The lowest BCUT2D eigenvalue weighted by Gasteiger charge is -2.36. The van der Waals surface area contributed by atoms with Crippen molar-refractivity contribution in [2.75, 3.05) is 38.2 Å². The van der Waals surface area contributed by atoms with Gasteiger partial charge >= 0.3 is 0 Å². The molecule has 90 valence electrons. The highest BCUT2D eigenvalue weighted by Gasteiger charge is 2.23. The fraction of sp³-hybridized carbons (Fsp3) is 1.00. The van der Waals surface area contributed by atoms with Gasteiger partial charge in [0.1, 0.15) is 0 Å². The third-order valence-corrected chi connectivity index (χ3v) is 3.20. The van der Waals surface area contributed by atoms with Gasteiger partial charge in [-0.25, -0.2) is 0 Å². The molecule has 0 amide bonds. The molecule has 1 fully saturated rings. The summed E-state index contributed by atoms with van der Waals surface area (Å²) in [7, 11) is 0. The number of nitrogens with zero attached hydrogens (tertiary/aromatic N) is 1. The Morgan fingerprint density at radius 1 is 1.40 bits per heavy atom. The quantitative estimate of drug-likeness (QED) is 0.548. The first kappa shape index (κ1) is 13.4. The van der Waals surface area contributed by atoms with E-state index in [4.69, 9.17) is 9.47 Å². The van der Waals surface area contributed by atoms with Gasteiger partial charge in [0, 0.05) is 31.6 Å². The number of hydrogen-bond acceptors (Lipinski definition) is 3. The molecule has 0 radical (unpaired) electrons. The first-order chi connectivity index (χ1) is 7.26. The zero-order valence-electron chi connectivity index (χ0n) is 9.75. The van der Waals surface area contributed by atoms with Crippen molar-refractivity contribution in [3.8, 4) is 0 Å². The van der Waals surface area contributed by atoms with Crippen LogP contribution in [0.3, 0.4) is 0 Å². The van der Waals surface area contributed by atoms with Crippen molar-refractivity contribution in [3.63, 3.8) is 0 Å². The second-order valence-corrected chi connectivity index (χ2v) is 4.74. The van der Waals surface area contributed by atoms with E-state index in [0.717, 1.165) is 44.6 Å². The van der Waals surface area contributed by atoms with Crippen LogP contribution in [0.25, 0.3) is 0 Å². The van der Waals surface area contributed by atoms with Crippen LogP contribution in [0.4, 0.5) is 0 Å². The molecule has 0 aromatic carbocycles. The van der Waals surface area contributed by atoms with Crippen LogP contribution in [0.1, 0.15) is 20.3 Å². The van der Waals surface area contributed by atoms with Gasteiger partial charge in [-0.05, 0) is 13.3 Å². The molecule has 1 heterocycles. The molecule has 0 saturated carbocycles. The molecule has 0 bridgehead atoms. The summed E-state index contributed by atoms with van der Waals surface area (Å²) in [5, 5.41) is 0.920. The monoisotopic (exact) mass is 279 g/mol. The highest BCUT2D eigenvalue weighted by Crippen LogP contribution is 2.12. The Labute approximate surface area is 101 Å². The molecule has 1 aliphatic rings. The maximum Gasteiger partial charge on any atom is 0.0802 e. The molecule has 1 saturated heterocycles. The molecular formula is C11H22BrNO2. The van der Waals surface area contributed by atoms with Crippen LogP contribution in [0, 0.1) is 0 Å². The lowest BCUT2D eigenvalue weighted by Crippen LogP contribution is -2.48. The molecule has 1 aliphatic heterocycles. The fourth-order valence-corrected chi connectivity index (χ4v) is 2.21. The average molecular weight is 280 g/mol. The van der Waals surface area contributed by atoms with Crippen molar-refractivity contribution in [2.45, 2.75) is 32.5 Å². The largest absolute Gasteiger partial charge is 0.380 e. The predicted octanol–water partition coefficient (Wildman–Crippen LogP) is 1.90. The van der Waals surface area contributed by atoms with E-state index in [1.807, 2.05) is 0 Å². The van der Waals surface area contributed by atoms with E-state index in [-0.39, 0.29) is 0 Å². The van der Waals surface area contributed by atoms with Crippen LogP contribution in [0.15, 0.2) is 0 Å². The molecular weight excluding hydrogens is 258 g/mol. The van der Waals surface area contributed by atoms with Gasteiger partial charge in [0.05, 0.1) is 18.8 Å². The molecule has 0 aromatic rings. The summed E-state index contributed by atoms with van der Waals surface area (Å²) in [6, 6.07) is 0. The van der Waals surface area contributed by atoms with Gasteiger partial charge in [-0.3, -0.25) is 4.90 Å². The summed E-state index contributed by atoms with van der Waals surface area (Å²) < 4.78 is 11.3. The van der Waals surface area contributed by atoms with Gasteiger partial charge < -0.3 is 9.47 Å². The van der Waals surface area contributed by atoms with Gasteiger partial charge in [-0.15, -0.1) is 0 Å². The normalized spacial score (nSPS) is 28.2. The van der Waals surface area contributed by atoms with Gasteiger partial charge in [0.25, 0.3) is 0 Å². The summed E-state index contributed by atoms with van der Waals surface area (Å²) >= 11 is 3.48. The molecule has 3 nitrogen and oxygen atoms in total. The summed E-state index contributed by atoms with van der Waals surface area (Å²) in [5.41, 5.74) is 0. The first-order valence-electron chi connectivity index (χ1n) is 5.77. The van der Waals surface area contributed by atoms with Gasteiger partial charge in [-0.2, -0.15) is 0 Å². The van der Waals surface area contributed by atoms with Crippen molar-refractivity contribution < 1.29 is 9.47 Å². The predicted molar refractivity (Wildman–Crippen MR) is 65.7 cm³/mol. The number of morpholine rings is 1. The maximum atomic E-state index is 5.76. The molecule has 0 spiro atoms. The minimum absolute atomic E-state index is 0.333. The molecule has 0 aliphatic carbocycles. The van der Waals surface area contributed by atoms with E-state index in [9.17, 15) is 0 Å². The number of halogens is 1. The zero-order chi connectivity index (χ0) is 11.1. The molecule has 2 unspecified atom stereocenters. The zero-order valence-corrected chi connectivity index (χ0v) is 11.3. The number of hydrogen-bond donors (Lipinski definition) is 0. The van der Waals surface area contributed by atoms with Crippen LogP contribution < -0.4 is 0 Å². The van der Waals surface area contributed by atoms with E-state index in [1.54, 1.807) is 0 Å². The Bertz CT molecular complexity index is 169. The molecule has 2 atom stereocenters. The lowest BCUT2D eigenvalue weighted by molar-refractivity contribution is -0.0704. The topological polar surface area (TPSA) is 21.7 Å². The van der Waals surface area contributed by atoms with E-state index in [0.29, 0.717) is 12.2 Å². The number of rotatable bonds is 6. The van der Waals surface area contributed by atoms with E-state index < -0.39 is 0 Å². The fourth-order valence-electron chi connectivity index (χ4n) is 1.85. The standard InChI is InChI=1S/C11H22BrNO2/c1-3-5-14-6-4-13-8-10(2)15-11(7-12)9-13/h10-11H,3-9H2,1-2H3. The molecule has 0 aromatic heterocycles. The third kappa shape index (κ3) is 5.29. The molecule has 15 heavy (non-hydrogen) atoms. The Hall–Kier alpha value is 0.360. The summed E-state index contributed by atoms with van der Waals surface area (Å²) in [5.74, 6) is 0. The summed E-state index contributed by atoms with van der Waals surface area (Å²) in [6.45, 7) is 9.06. The molecule has 1 rings (SSSR count). The third-order valence-electron chi connectivity index (χ3n) is 2.47. The second kappa shape index (κ2) is 7.60. The minimum atomic E-state index is 0.333. The van der Waals surface area contributed by atoms with E-state index >= 15 is 0 Å². The van der Waals surface area contributed by atoms with Crippen LogP contribution in [0.5, 0.6) is 0 Å². The van der Waals surface area contributed by atoms with Crippen LogP contribution in [0.2, 0.25) is 0 Å². The Balaban J connectivity index is 2.16. The van der Waals surface area contributed by atoms with Gasteiger partial charge in [0.2, 0.25) is 0 Å². The summed E-state index contributed by atoms with van der Waals surface area (Å²) in [4.78, 5) is 2.43. The van der Waals surface area contributed by atoms with Crippen LogP contribution >= 0.6 is 15.9 Å². The van der Waals surface area contributed by atoms with Crippen molar-refractivity contribution in [1.29, 1.82) is 0 Å². The van der Waals surface area contributed by atoms with Crippen LogP contribution in [-0.4, -0.2) is 55.3 Å². The van der Waals surface area contributed by atoms with Gasteiger partial charge in [0.15, 0.2) is 0 Å². The van der Waals surface area contributed by atoms with E-state index in [1.165, 1.54) is 0 Å². The SMILES string of the molecule is CCCOCCN1CC(C)OC(CBr)C1. The van der Waals surface area contributed by atoms with E-state index in [2.05, 4.69) is 34.7 Å². The Morgan fingerprint density at radius 2 is 2.20 bits per heavy atom. The highest BCUT2D eigenvalue weighted by molar-refractivity contribution is 9.09. The van der Waals surface area contributed by atoms with Crippen molar-refractivity contribution >= 4 is 15.9 Å². The van der Waals surface area contributed by atoms with Crippen molar-refractivity contribution in [1.82, 2.24) is 4.90 Å². The lowest BCUT2D eigenvalue weighted by atomic mass is 10.2.